The van der Waals surface area contributed by atoms with E-state index < -0.39 is 0 Å². The van der Waals surface area contributed by atoms with E-state index in [-0.39, 0.29) is 5.91 Å². The predicted molar refractivity (Wildman–Crippen MR) is 94.5 cm³/mol. The third kappa shape index (κ3) is 3.63. The van der Waals surface area contributed by atoms with Gasteiger partial charge in [-0.15, -0.1) is 0 Å². The molecule has 122 valence electrons. The summed E-state index contributed by atoms with van der Waals surface area (Å²) >= 11 is 0. The zero-order valence-corrected chi connectivity index (χ0v) is 13.8. The van der Waals surface area contributed by atoms with E-state index in [2.05, 4.69) is 36.1 Å². The average Bonchev–Trinajstić information content (AvgIpc) is 2.54. The van der Waals surface area contributed by atoms with Crippen molar-refractivity contribution in [1.29, 1.82) is 0 Å². The van der Waals surface area contributed by atoms with E-state index in [1.165, 1.54) is 11.1 Å². The fraction of sp³-hybridized carbons (Fsp3) is 0.474. The smallest absolute Gasteiger partial charge is 0.217 e. The SMILES string of the molecule is CCCc1cc(N2CCCC(CC(N)=O)C2)c2ccccc2n1. The lowest BCUT2D eigenvalue weighted by Crippen LogP contribution is -2.37. The number of piperidine rings is 1. The van der Waals surface area contributed by atoms with Crippen molar-refractivity contribution in [3.63, 3.8) is 0 Å². The van der Waals surface area contributed by atoms with Gasteiger partial charge < -0.3 is 10.6 Å². The number of fused-ring (bicyclic) bond motifs is 1. The Balaban J connectivity index is 1.95. The Hall–Kier alpha value is -2.10. The van der Waals surface area contributed by atoms with Gasteiger partial charge in [0.25, 0.3) is 0 Å². The lowest BCUT2D eigenvalue weighted by atomic mass is 9.93. The number of anilines is 1. The molecule has 1 aliphatic heterocycles. The predicted octanol–water partition coefficient (Wildman–Crippen LogP) is 3.28. The van der Waals surface area contributed by atoms with Crippen LogP contribution in [0.3, 0.4) is 0 Å². The second-order valence-electron chi connectivity index (χ2n) is 6.52. The summed E-state index contributed by atoms with van der Waals surface area (Å²) in [5.41, 5.74) is 8.86. The van der Waals surface area contributed by atoms with Crippen LogP contribution in [0.4, 0.5) is 5.69 Å². The van der Waals surface area contributed by atoms with E-state index in [9.17, 15) is 4.79 Å². The maximum absolute atomic E-state index is 11.3. The van der Waals surface area contributed by atoms with Gasteiger partial charge in [0.2, 0.25) is 5.91 Å². The minimum absolute atomic E-state index is 0.192. The molecule has 1 aliphatic rings. The van der Waals surface area contributed by atoms with Gasteiger partial charge in [0.1, 0.15) is 0 Å². The average molecular weight is 311 g/mol. The van der Waals surface area contributed by atoms with Gasteiger partial charge in [0, 0.05) is 36.3 Å². The molecule has 4 nitrogen and oxygen atoms in total. The van der Waals surface area contributed by atoms with Crippen LogP contribution in [-0.2, 0) is 11.2 Å². The number of carbonyl (C=O) groups is 1. The van der Waals surface area contributed by atoms with Crippen LogP contribution in [-0.4, -0.2) is 24.0 Å². The lowest BCUT2D eigenvalue weighted by molar-refractivity contribution is -0.118. The van der Waals surface area contributed by atoms with Gasteiger partial charge in [0.05, 0.1) is 5.52 Å². The number of primary amides is 1. The van der Waals surface area contributed by atoms with E-state index in [1.807, 2.05) is 6.07 Å². The topological polar surface area (TPSA) is 59.2 Å². The first-order valence-electron chi connectivity index (χ1n) is 8.59. The summed E-state index contributed by atoms with van der Waals surface area (Å²) in [6.07, 6.45) is 4.77. The molecule has 0 saturated carbocycles. The van der Waals surface area contributed by atoms with Crippen LogP contribution in [0.25, 0.3) is 10.9 Å². The second-order valence-corrected chi connectivity index (χ2v) is 6.52. The summed E-state index contributed by atoms with van der Waals surface area (Å²) in [5, 5.41) is 1.20. The van der Waals surface area contributed by atoms with Gasteiger partial charge in [-0.3, -0.25) is 9.78 Å². The minimum Gasteiger partial charge on any atom is -0.371 e. The van der Waals surface area contributed by atoms with Crippen LogP contribution < -0.4 is 10.6 Å². The van der Waals surface area contributed by atoms with Crippen molar-refractivity contribution < 1.29 is 4.79 Å². The Morgan fingerprint density at radius 1 is 1.39 bits per heavy atom. The van der Waals surface area contributed by atoms with Gasteiger partial charge in [-0.2, -0.15) is 0 Å². The fourth-order valence-electron chi connectivity index (χ4n) is 3.59. The molecule has 2 heterocycles. The largest absolute Gasteiger partial charge is 0.371 e. The summed E-state index contributed by atoms with van der Waals surface area (Å²) in [5.74, 6) is 0.172. The molecule has 1 aromatic carbocycles. The number of nitrogens with two attached hydrogens (primary N) is 1. The normalized spacial score (nSPS) is 18.3. The van der Waals surface area contributed by atoms with Crippen LogP contribution >= 0.6 is 0 Å². The van der Waals surface area contributed by atoms with Crippen molar-refractivity contribution in [2.75, 3.05) is 18.0 Å². The van der Waals surface area contributed by atoms with E-state index >= 15 is 0 Å². The first kappa shape index (κ1) is 15.8. The molecular formula is C19H25N3O. The summed E-state index contributed by atoms with van der Waals surface area (Å²) in [7, 11) is 0. The molecule has 0 spiro atoms. The monoisotopic (exact) mass is 311 g/mol. The molecule has 2 aromatic rings. The van der Waals surface area contributed by atoms with Crippen molar-refractivity contribution in [2.45, 2.75) is 39.0 Å². The molecule has 0 bridgehead atoms. The Labute approximate surface area is 137 Å². The van der Waals surface area contributed by atoms with Crippen molar-refractivity contribution >= 4 is 22.5 Å². The van der Waals surface area contributed by atoms with Crippen LogP contribution in [0.1, 0.15) is 38.3 Å². The number of aryl methyl sites for hydroxylation is 1. The number of hydrogen-bond donors (Lipinski definition) is 1. The molecule has 0 aliphatic carbocycles. The highest BCUT2D eigenvalue weighted by Crippen LogP contribution is 2.31. The van der Waals surface area contributed by atoms with E-state index in [4.69, 9.17) is 10.7 Å². The summed E-state index contributed by atoms with van der Waals surface area (Å²) in [6, 6.07) is 10.6. The quantitative estimate of drug-likeness (QED) is 0.922. The number of carbonyl (C=O) groups excluding carboxylic acids is 1. The van der Waals surface area contributed by atoms with Crippen molar-refractivity contribution in [2.24, 2.45) is 11.7 Å². The molecule has 1 saturated heterocycles. The molecule has 1 unspecified atom stereocenters. The van der Waals surface area contributed by atoms with Gasteiger partial charge in [-0.05, 0) is 37.3 Å². The van der Waals surface area contributed by atoms with Crippen LogP contribution in [0.2, 0.25) is 0 Å². The molecular weight excluding hydrogens is 286 g/mol. The zero-order valence-electron chi connectivity index (χ0n) is 13.8. The number of aromatic nitrogens is 1. The number of pyridine rings is 1. The molecule has 1 aromatic heterocycles. The Bertz CT molecular complexity index is 698. The third-order valence-corrected chi connectivity index (χ3v) is 4.60. The zero-order chi connectivity index (χ0) is 16.2. The standard InChI is InChI=1S/C19H25N3O/c1-2-6-15-12-18(16-8-3-4-9-17(16)21-15)22-10-5-7-14(13-22)11-19(20)23/h3-4,8-9,12,14H,2,5-7,10-11,13H2,1H3,(H2,20,23). The number of rotatable bonds is 5. The Morgan fingerprint density at radius 3 is 3.00 bits per heavy atom. The molecule has 23 heavy (non-hydrogen) atoms. The van der Waals surface area contributed by atoms with Gasteiger partial charge in [-0.1, -0.05) is 31.5 Å². The highest BCUT2D eigenvalue weighted by atomic mass is 16.1. The fourth-order valence-corrected chi connectivity index (χ4v) is 3.59. The van der Waals surface area contributed by atoms with Crippen molar-refractivity contribution in [3.05, 3.63) is 36.0 Å². The van der Waals surface area contributed by atoms with Crippen molar-refractivity contribution in [3.8, 4) is 0 Å². The molecule has 3 rings (SSSR count). The summed E-state index contributed by atoms with van der Waals surface area (Å²) in [4.78, 5) is 18.5. The number of amides is 1. The van der Waals surface area contributed by atoms with Gasteiger partial charge in [-0.25, -0.2) is 0 Å². The molecule has 1 amide bonds. The lowest BCUT2D eigenvalue weighted by Gasteiger charge is -2.35. The van der Waals surface area contributed by atoms with E-state index in [1.54, 1.807) is 0 Å². The molecule has 1 atom stereocenters. The molecule has 2 N–H and O–H groups in total. The number of nitrogens with zero attached hydrogens (tertiary/aromatic N) is 2. The third-order valence-electron chi connectivity index (χ3n) is 4.60. The van der Waals surface area contributed by atoms with Gasteiger partial charge >= 0.3 is 0 Å². The summed E-state index contributed by atoms with van der Waals surface area (Å²) in [6.45, 7) is 4.12. The highest BCUT2D eigenvalue weighted by Gasteiger charge is 2.23. The summed E-state index contributed by atoms with van der Waals surface area (Å²) < 4.78 is 0. The minimum atomic E-state index is -0.192. The second kappa shape index (κ2) is 6.99. The van der Waals surface area contributed by atoms with E-state index in [0.717, 1.165) is 50.0 Å². The highest BCUT2D eigenvalue weighted by molar-refractivity contribution is 5.92. The Kier molecular flexibility index (Phi) is 4.79. The first-order chi connectivity index (χ1) is 11.2. The number of para-hydroxylation sites is 1. The molecule has 1 fully saturated rings. The number of hydrogen-bond acceptors (Lipinski definition) is 3. The van der Waals surface area contributed by atoms with Crippen LogP contribution in [0, 0.1) is 5.92 Å². The van der Waals surface area contributed by atoms with Crippen LogP contribution in [0.5, 0.6) is 0 Å². The maximum Gasteiger partial charge on any atom is 0.217 e. The van der Waals surface area contributed by atoms with Gasteiger partial charge in [0.15, 0.2) is 0 Å². The van der Waals surface area contributed by atoms with E-state index in [0.29, 0.717) is 12.3 Å². The van der Waals surface area contributed by atoms with Crippen molar-refractivity contribution in [1.82, 2.24) is 4.98 Å². The maximum atomic E-state index is 11.3. The molecule has 4 heteroatoms. The Morgan fingerprint density at radius 2 is 2.22 bits per heavy atom. The first-order valence-corrected chi connectivity index (χ1v) is 8.59. The van der Waals surface area contributed by atoms with Crippen LogP contribution in [0.15, 0.2) is 30.3 Å². The molecule has 0 radical (unpaired) electrons. The number of benzene rings is 1.